The van der Waals surface area contributed by atoms with Gasteiger partial charge in [0.25, 0.3) is 0 Å². The summed E-state index contributed by atoms with van der Waals surface area (Å²) in [7, 11) is 1.43. The van der Waals surface area contributed by atoms with Crippen molar-refractivity contribution in [3.63, 3.8) is 0 Å². The summed E-state index contributed by atoms with van der Waals surface area (Å²) in [5, 5.41) is 2.49. The van der Waals surface area contributed by atoms with Gasteiger partial charge in [-0.25, -0.2) is 0 Å². The zero-order valence-electron chi connectivity index (χ0n) is 9.53. The van der Waals surface area contributed by atoms with E-state index in [-0.39, 0.29) is 24.8 Å². The van der Waals surface area contributed by atoms with E-state index < -0.39 is 0 Å². The van der Waals surface area contributed by atoms with E-state index >= 15 is 0 Å². The highest BCUT2D eigenvalue weighted by Crippen LogP contribution is 2.11. The van der Waals surface area contributed by atoms with Gasteiger partial charge in [0, 0.05) is 18.0 Å². The molecule has 0 fully saturated rings. The maximum absolute atomic E-state index is 11.6. The lowest BCUT2D eigenvalue weighted by Crippen LogP contribution is -2.32. The number of halogens is 1. The van der Waals surface area contributed by atoms with E-state index in [0.717, 1.165) is 10.0 Å². The third kappa shape index (κ3) is 5.60. The van der Waals surface area contributed by atoms with E-state index in [2.05, 4.69) is 26.0 Å². The number of ketones is 1. The first-order valence-corrected chi connectivity index (χ1v) is 5.93. The van der Waals surface area contributed by atoms with Crippen molar-refractivity contribution in [2.75, 3.05) is 20.3 Å². The first kappa shape index (κ1) is 13.9. The number of Topliss-reactive ketones (excluding diaryl/α,β-unsaturated/α-hetero) is 1. The van der Waals surface area contributed by atoms with Gasteiger partial charge in [-0.1, -0.05) is 28.1 Å². The maximum atomic E-state index is 11.6. The minimum atomic E-state index is -0.282. The molecule has 0 saturated carbocycles. The van der Waals surface area contributed by atoms with Gasteiger partial charge in [-0.3, -0.25) is 9.59 Å². The minimum Gasteiger partial charge on any atom is -0.375 e. The van der Waals surface area contributed by atoms with Crippen LogP contribution in [0.4, 0.5) is 0 Å². The van der Waals surface area contributed by atoms with Crippen LogP contribution < -0.4 is 5.32 Å². The average Bonchev–Trinajstić information content (AvgIpc) is 2.27. The Balaban J connectivity index is 2.37. The molecule has 0 radical (unpaired) electrons. The lowest BCUT2D eigenvalue weighted by Gasteiger charge is -2.04. The first-order chi connectivity index (χ1) is 8.11. The minimum absolute atomic E-state index is 0.0236. The fourth-order valence-corrected chi connectivity index (χ4v) is 1.76. The van der Waals surface area contributed by atoms with Crippen molar-refractivity contribution in [3.8, 4) is 0 Å². The molecule has 92 valence electrons. The summed E-state index contributed by atoms with van der Waals surface area (Å²) in [6, 6.07) is 7.53. The molecule has 0 bridgehead atoms. The van der Waals surface area contributed by atoms with Gasteiger partial charge < -0.3 is 10.1 Å². The van der Waals surface area contributed by atoms with E-state index in [1.54, 1.807) is 0 Å². The molecule has 1 aromatic rings. The highest BCUT2D eigenvalue weighted by Gasteiger charge is 2.06. The van der Waals surface area contributed by atoms with Crippen LogP contribution in [0, 0.1) is 0 Å². The van der Waals surface area contributed by atoms with E-state index in [1.807, 2.05) is 24.3 Å². The quantitative estimate of drug-likeness (QED) is 0.862. The third-order valence-corrected chi connectivity index (χ3v) is 2.54. The van der Waals surface area contributed by atoms with Crippen LogP contribution in [0.3, 0.4) is 0 Å². The van der Waals surface area contributed by atoms with Gasteiger partial charge in [0.1, 0.15) is 6.61 Å². The van der Waals surface area contributed by atoms with Crippen LogP contribution in [-0.4, -0.2) is 32.0 Å². The van der Waals surface area contributed by atoms with Gasteiger partial charge in [-0.2, -0.15) is 0 Å². The molecule has 1 rings (SSSR count). The van der Waals surface area contributed by atoms with Crippen molar-refractivity contribution < 1.29 is 14.3 Å². The molecule has 1 N–H and O–H groups in total. The smallest absolute Gasteiger partial charge is 0.246 e. The van der Waals surface area contributed by atoms with Crippen LogP contribution in [0.2, 0.25) is 0 Å². The molecule has 4 nitrogen and oxygen atoms in total. The molecule has 1 amide bonds. The van der Waals surface area contributed by atoms with Crippen molar-refractivity contribution in [2.45, 2.75) is 6.42 Å². The molecule has 0 aliphatic heterocycles. The standard InChI is InChI=1S/C12H14BrNO3/c1-17-8-12(16)14-7-11(15)6-9-3-2-4-10(13)5-9/h2-5H,6-8H2,1H3,(H,14,16). The number of nitrogens with one attached hydrogen (secondary N) is 1. The molecule has 0 heterocycles. The summed E-state index contributed by atoms with van der Waals surface area (Å²) in [6.07, 6.45) is 0.312. The summed E-state index contributed by atoms with van der Waals surface area (Å²) in [5.74, 6) is -0.317. The monoisotopic (exact) mass is 299 g/mol. The van der Waals surface area contributed by atoms with Gasteiger partial charge >= 0.3 is 0 Å². The van der Waals surface area contributed by atoms with Crippen LogP contribution in [0.1, 0.15) is 5.56 Å². The molecule has 0 unspecified atom stereocenters. The zero-order valence-corrected chi connectivity index (χ0v) is 11.1. The number of rotatable bonds is 6. The molecule has 1 aromatic carbocycles. The number of methoxy groups -OCH3 is 1. The van der Waals surface area contributed by atoms with E-state index in [4.69, 9.17) is 0 Å². The molecule has 0 saturated heterocycles. The lowest BCUT2D eigenvalue weighted by atomic mass is 10.1. The Bertz CT molecular complexity index is 406. The van der Waals surface area contributed by atoms with E-state index in [1.165, 1.54) is 7.11 Å². The van der Waals surface area contributed by atoms with Gasteiger partial charge in [0.15, 0.2) is 5.78 Å². The van der Waals surface area contributed by atoms with Crippen molar-refractivity contribution in [2.24, 2.45) is 0 Å². The topological polar surface area (TPSA) is 55.4 Å². The zero-order chi connectivity index (χ0) is 12.7. The first-order valence-electron chi connectivity index (χ1n) is 5.13. The van der Waals surface area contributed by atoms with Gasteiger partial charge in [-0.15, -0.1) is 0 Å². The van der Waals surface area contributed by atoms with Gasteiger partial charge in [0.2, 0.25) is 5.91 Å². The number of carbonyl (C=O) groups is 2. The Hall–Kier alpha value is -1.20. The molecular formula is C12H14BrNO3. The summed E-state index contributed by atoms with van der Waals surface area (Å²) in [6.45, 7) is 0.0128. The van der Waals surface area contributed by atoms with Gasteiger partial charge in [-0.05, 0) is 17.7 Å². The number of carbonyl (C=O) groups excluding carboxylic acids is 2. The third-order valence-electron chi connectivity index (χ3n) is 2.05. The van der Waals surface area contributed by atoms with Gasteiger partial charge in [0.05, 0.1) is 6.54 Å². The fourth-order valence-electron chi connectivity index (χ4n) is 1.32. The van der Waals surface area contributed by atoms with E-state index in [0.29, 0.717) is 6.42 Å². The summed E-state index contributed by atoms with van der Waals surface area (Å²) in [5.41, 5.74) is 0.922. The second-order valence-corrected chi connectivity index (χ2v) is 4.47. The molecule has 0 spiro atoms. The van der Waals surface area contributed by atoms with Crippen molar-refractivity contribution in [1.82, 2.24) is 5.32 Å². The predicted molar refractivity (Wildman–Crippen MR) is 67.7 cm³/mol. The largest absolute Gasteiger partial charge is 0.375 e. The lowest BCUT2D eigenvalue weighted by molar-refractivity contribution is -0.127. The molecule has 0 aliphatic carbocycles. The van der Waals surface area contributed by atoms with Crippen molar-refractivity contribution in [1.29, 1.82) is 0 Å². The highest BCUT2D eigenvalue weighted by molar-refractivity contribution is 9.10. The number of hydrogen-bond donors (Lipinski definition) is 1. The predicted octanol–water partition coefficient (Wildman–Crippen LogP) is 1.32. The molecule has 17 heavy (non-hydrogen) atoms. The molecular weight excluding hydrogens is 286 g/mol. The SMILES string of the molecule is COCC(=O)NCC(=O)Cc1cccc(Br)c1. The Morgan fingerprint density at radius 1 is 1.41 bits per heavy atom. The maximum Gasteiger partial charge on any atom is 0.246 e. The fraction of sp³-hybridized carbons (Fsp3) is 0.333. The number of benzene rings is 1. The number of hydrogen-bond acceptors (Lipinski definition) is 3. The summed E-state index contributed by atoms with van der Waals surface area (Å²) < 4.78 is 5.58. The second-order valence-electron chi connectivity index (χ2n) is 3.56. The Morgan fingerprint density at radius 2 is 2.18 bits per heavy atom. The van der Waals surface area contributed by atoms with Crippen LogP contribution in [-0.2, 0) is 20.7 Å². The summed E-state index contributed by atoms with van der Waals surface area (Å²) in [4.78, 5) is 22.6. The highest BCUT2D eigenvalue weighted by atomic mass is 79.9. The number of amides is 1. The second kappa shape index (κ2) is 7.19. The van der Waals surface area contributed by atoms with Crippen LogP contribution >= 0.6 is 15.9 Å². The van der Waals surface area contributed by atoms with Crippen LogP contribution in [0.15, 0.2) is 28.7 Å². The van der Waals surface area contributed by atoms with Crippen LogP contribution in [0.25, 0.3) is 0 Å². The summed E-state index contributed by atoms with van der Waals surface area (Å²) >= 11 is 3.34. The Labute approximate surface area is 108 Å². The Morgan fingerprint density at radius 3 is 2.82 bits per heavy atom. The van der Waals surface area contributed by atoms with Crippen molar-refractivity contribution >= 4 is 27.6 Å². The molecule has 0 atom stereocenters. The molecule has 5 heteroatoms. The van der Waals surface area contributed by atoms with Crippen LogP contribution in [0.5, 0.6) is 0 Å². The average molecular weight is 300 g/mol. The van der Waals surface area contributed by atoms with E-state index in [9.17, 15) is 9.59 Å². The Kier molecular flexibility index (Phi) is 5.86. The number of ether oxygens (including phenoxy) is 1. The molecule has 0 aromatic heterocycles. The van der Waals surface area contributed by atoms with Crippen molar-refractivity contribution in [3.05, 3.63) is 34.3 Å². The molecule has 0 aliphatic rings. The normalized spacial score (nSPS) is 10.0.